The van der Waals surface area contributed by atoms with Gasteiger partial charge in [0.1, 0.15) is 11.3 Å². The van der Waals surface area contributed by atoms with Gasteiger partial charge >= 0.3 is 0 Å². The maximum Gasteiger partial charge on any atom is 0.254 e. The number of aromatic nitrogens is 3. The molecule has 0 radical (unpaired) electrons. The first-order chi connectivity index (χ1) is 6.72. The minimum absolute atomic E-state index is 0.144. The zero-order valence-corrected chi connectivity index (χ0v) is 7.96. The van der Waals surface area contributed by atoms with Crippen LogP contribution in [-0.2, 0) is 0 Å². The fraction of sp³-hybridized carbons (Fsp3) is 0.222. The summed E-state index contributed by atoms with van der Waals surface area (Å²) in [5.41, 5.74) is 1.99. The van der Waals surface area contributed by atoms with Crippen LogP contribution in [0.25, 0.3) is 11.0 Å². The Kier molecular flexibility index (Phi) is 1.92. The van der Waals surface area contributed by atoms with Gasteiger partial charge in [0.15, 0.2) is 0 Å². The highest BCUT2D eigenvalue weighted by atomic mass is 16.1. The molecule has 0 bridgehead atoms. The standard InChI is InChI=1S/C9H10N4O/c1-5-11-4-7-8(13-5)6(3-12-7)9(14)10-2/h3-4,12H,1-2H3,(H,10,14). The second-order valence-corrected chi connectivity index (χ2v) is 2.96. The number of hydrogen-bond acceptors (Lipinski definition) is 3. The average molecular weight is 190 g/mol. The van der Waals surface area contributed by atoms with Gasteiger partial charge in [-0.1, -0.05) is 0 Å². The Bertz CT molecular complexity index is 489. The predicted octanol–water partition coefficient (Wildman–Crippen LogP) is 0.626. The van der Waals surface area contributed by atoms with Gasteiger partial charge in [0.05, 0.1) is 17.3 Å². The number of fused-ring (bicyclic) bond motifs is 1. The Morgan fingerprint density at radius 2 is 2.36 bits per heavy atom. The van der Waals surface area contributed by atoms with Gasteiger partial charge in [0.25, 0.3) is 5.91 Å². The van der Waals surface area contributed by atoms with Crippen molar-refractivity contribution in [3.63, 3.8) is 0 Å². The topological polar surface area (TPSA) is 70.7 Å². The molecule has 72 valence electrons. The van der Waals surface area contributed by atoms with Crippen molar-refractivity contribution in [1.82, 2.24) is 20.3 Å². The van der Waals surface area contributed by atoms with Crippen molar-refractivity contribution in [3.8, 4) is 0 Å². The zero-order valence-electron chi connectivity index (χ0n) is 7.96. The highest BCUT2D eigenvalue weighted by molar-refractivity contribution is 6.04. The number of nitrogens with zero attached hydrogens (tertiary/aromatic N) is 2. The fourth-order valence-electron chi connectivity index (χ4n) is 1.31. The number of hydrogen-bond donors (Lipinski definition) is 2. The van der Waals surface area contributed by atoms with Crippen molar-refractivity contribution < 1.29 is 4.79 Å². The molecule has 5 heteroatoms. The summed E-state index contributed by atoms with van der Waals surface area (Å²) in [5, 5.41) is 2.56. The van der Waals surface area contributed by atoms with E-state index in [-0.39, 0.29) is 5.91 Å². The highest BCUT2D eigenvalue weighted by Crippen LogP contribution is 2.14. The van der Waals surface area contributed by atoms with Crippen LogP contribution in [0.3, 0.4) is 0 Å². The zero-order chi connectivity index (χ0) is 10.1. The Hall–Kier alpha value is -1.91. The van der Waals surface area contributed by atoms with Gasteiger partial charge in [-0.05, 0) is 6.92 Å². The second-order valence-electron chi connectivity index (χ2n) is 2.96. The van der Waals surface area contributed by atoms with E-state index in [1.54, 1.807) is 26.4 Å². The second kappa shape index (κ2) is 3.10. The molecule has 0 aliphatic heterocycles. The first-order valence-electron chi connectivity index (χ1n) is 4.25. The number of nitrogens with one attached hydrogen (secondary N) is 2. The molecule has 2 N–H and O–H groups in total. The monoisotopic (exact) mass is 190 g/mol. The van der Waals surface area contributed by atoms with Crippen molar-refractivity contribution in [1.29, 1.82) is 0 Å². The van der Waals surface area contributed by atoms with Gasteiger partial charge in [-0.3, -0.25) is 4.79 Å². The first-order valence-corrected chi connectivity index (χ1v) is 4.25. The van der Waals surface area contributed by atoms with Crippen LogP contribution in [0, 0.1) is 6.92 Å². The van der Waals surface area contributed by atoms with Crippen LogP contribution in [0.4, 0.5) is 0 Å². The van der Waals surface area contributed by atoms with E-state index in [1.165, 1.54) is 0 Å². The number of aromatic amines is 1. The maximum absolute atomic E-state index is 11.4. The number of amides is 1. The molecule has 0 unspecified atom stereocenters. The fourth-order valence-corrected chi connectivity index (χ4v) is 1.31. The summed E-state index contributed by atoms with van der Waals surface area (Å²) >= 11 is 0. The third-order valence-corrected chi connectivity index (χ3v) is 2.01. The van der Waals surface area contributed by atoms with Gasteiger partial charge in [-0.15, -0.1) is 0 Å². The molecule has 14 heavy (non-hydrogen) atoms. The normalized spacial score (nSPS) is 10.4. The van der Waals surface area contributed by atoms with Crippen LogP contribution in [0.15, 0.2) is 12.4 Å². The molecule has 0 aliphatic rings. The van der Waals surface area contributed by atoms with Gasteiger partial charge in [-0.2, -0.15) is 0 Å². The average Bonchev–Trinajstić information content (AvgIpc) is 2.59. The molecule has 0 spiro atoms. The minimum atomic E-state index is -0.144. The Labute approximate surface area is 80.6 Å². The Morgan fingerprint density at radius 3 is 3.07 bits per heavy atom. The van der Waals surface area contributed by atoms with Gasteiger partial charge < -0.3 is 10.3 Å². The molecular weight excluding hydrogens is 180 g/mol. The molecule has 0 saturated heterocycles. The van der Waals surface area contributed by atoms with E-state index >= 15 is 0 Å². The molecule has 0 atom stereocenters. The highest BCUT2D eigenvalue weighted by Gasteiger charge is 2.11. The van der Waals surface area contributed by atoms with E-state index in [0.29, 0.717) is 16.9 Å². The molecule has 0 fully saturated rings. The van der Waals surface area contributed by atoms with E-state index in [0.717, 1.165) is 5.52 Å². The predicted molar refractivity (Wildman–Crippen MR) is 52.0 cm³/mol. The van der Waals surface area contributed by atoms with E-state index in [4.69, 9.17) is 0 Å². The van der Waals surface area contributed by atoms with Gasteiger partial charge in [0, 0.05) is 13.2 Å². The molecule has 0 aromatic carbocycles. The minimum Gasteiger partial charge on any atom is -0.358 e. The number of H-pyrrole nitrogens is 1. The van der Waals surface area contributed by atoms with Crippen LogP contribution < -0.4 is 5.32 Å². The smallest absolute Gasteiger partial charge is 0.254 e. The summed E-state index contributed by atoms with van der Waals surface area (Å²) in [6.07, 6.45) is 3.31. The summed E-state index contributed by atoms with van der Waals surface area (Å²) < 4.78 is 0. The molecule has 5 nitrogen and oxygen atoms in total. The Balaban J connectivity index is 2.67. The number of carbonyl (C=O) groups is 1. The van der Waals surface area contributed by atoms with Crippen molar-refractivity contribution >= 4 is 16.9 Å². The summed E-state index contributed by atoms with van der Waals surface area (Å²) in [6, 6.07) is 0. The molecule has 0 saturated carbocycles. The molecule has 2 rings (SSSR count). The Morgan fingerprint density at radius 1 is 1.57 bits per heavy atom. The van der Waals surface area contributed by atoms with Crippen LogP contribution in [0.1, 0.15) is 16.2 Å². The largest absolute Gasteiger partial charge is 0.358 e. The summed E-state index contributed by atoms with van der Waals surface area (Å²) in [6.45, 7) is 1.79. The third-order valence-electron chi connectivity index (χ3n) is 2.01. The molecule has 2 aromatic rings. The third kappa shape index (κ3) is 1.22. The number of rotatable bonds is 1. The lowest BCUT2D eigenvalue weighted by Gasteiger charge is -1.96. The lowest BCUT2D eigenvalue weighted by Crippen LogP contribution is -2.17. The SMILES string of the molecule is CNC(=O)c1c[nH]c2cnc(C)nc12. The van der Waals surface area contributed by atoms with Crippen molar-refractivity contribution in [2.45, 2.75) is 6.92 Å². The summed E-state index contributed by atoms with van der Waals surface area (Å²) in [7, 11) is 1.59. The van der Waals surface area contributed by atoms with Gasteiger partial charge in [-0.25, -0.2) is 9.97 Å². The van der Waals surface area contributed by atoms with Crippen LogP contribution in [0.2, 0.25) is 0 Å². The van der Waals surface area contributed by atoms with Crippen LogP contribution in [-0.4, -0.2) is 27.9 Å². The van der Waals surface area contributed by atoms with Crippen molar-refractivity contribution in [3.05, 3.63) is 23.8 Å². The van der Waals surface area contributed by atoms with E-state index in [1.807, 2.05) is 0 Å². The number of carbonyl (C=O) groups excluding carboxylic acids is 1. The van der Waals surface area contributed by atoms with Crippen LogP contribution in [0.5, 0.6) is 0 Å². The molecular formula is C9H10N4O. The quantitative estimate of drug-likeness (QED) is 0.692. The molecule has 0 aliphatic carbocycles. The van der Waals surface area contributed by atoms with E-state index in [9.17, 15) is 4.79 Å². The summed E-state index contributed by atoms with van der Waals surface area (Å²) in [4.78, 5) is 22.6. The number of aryl methyl sites for hydroxylation is 1. The van der Waals surface area contributed by atoms with Crippen molar-refractivity contribution in [2.75, 3.05) is 7.05 Å². The lowest BCUT2D eigenvalue weighted by molar-refractivity contribution is 0.0964. The summed E-state index contributed by atoms with van der Waals surface area (Å²) in [5.74, 6) is 0.511. The van der Waals surface area contributed by atoms with Crippen molar-refractivity contribution in [2.24, 2.45) is 0 Å². The maximum atomic E-state index is 11.4. The van der Waals surface area contributed by atoms with Crippen LogP contribution >= 0.6 is 0 Å². The van der Waals surface area contributed by atoms with E-state index < -0.39 is 0 Å². The first kappa shape index (κ1) is 8.68. The van der Waals surface area contributed by atoms with Gasteiger partial charge in [0.2, 0.25) is 0 Å². The lowest BCUT2D eigenvalue weighted by atomic mass is 10.2. The molecule has 2 heterocycles. The molecule has 1 amide bonds. The molecule has 2 aromatic heterocycles. The van der Waals surface area contributed by atoms with E-state index in [2.05, 4.69) is 20.3 Å².